The Morgan fingerprint density at radius 3 is 2.83 bits per heavy atom. The summed E-state index contributed by atoms with van der Waals surface area (Å²) in [4.78, 5) is 21.1. The Hall–Kier alpha value is -1.76. The number of carbonyl (C=O) groups is 1. The zero-order chi connectivity index (χ0) is 19.6. The van der Waals surface area contributed by atoms with Crippen LogP contribution in [0.25, 0.3) is 10.2 Å². The number of carbonyl (C=O) groups excluding carboxylic acids is 1. The van der Waals surface area contributed by atoms with Crippen LogP contribution in [-0.2, 0) is 11.2 Å². The summed E-state index contributed by atoms with van der Waals surface area (Å²) in [5.74, 6) is 0.689. The van der Waals surface area contributed by atoms with Gasteiger partial charge >= 0.3 is 0 Å². The van der Waals surface area contributed by atoms with Gasteiger partial charge in [-0.3, -0.25) is 4.79 Å². The van der Waals surface area contributed by atoms with Gasteiger partial charge in [0.15, 0.2) is 0 Å². The van der Waals surface area contributed by atoms with Crippen LogP contribution in [-0.4, -0.2) is 34.9 Å². The first kappa shape index (κ1) is 19.2. The van der Waals surface area contributed by atoms with Gasteiger partial charge in [-0.25, -0.2) is 4.98 Å². The Morgan fingerprint density at radius 1 is 1.17 bits per heavy atom. The molecule has 1 N–H and O–H groups in total. The van der Waals surface area contributed by atoms with E-state index in [1.54, 1.807) is 22.7 Å². The lowest BCUT2D eigenvalue weighted by Crippen LogP contribution is -2.46. The topological polar surface area (TPSA) is 45.2 Å². The molecule has 0 radical (unpaired) electrons. The molecule has 0 atom stereocenters. The average Bonchev–Trinajstić information content (AvgIpc) is 3.35. The molecule has 0 bridgehead atoms. The number of amides is 1. The van der Waals surface area contributed by atoms with Crippen molar-refractivity contribution in [3.05, 3.63) is 45.6 Å². The summed E-state index contributed by atoms with van der Waals surface area (Å²) >= 11 is 3.51. The first-order valence-corrected chi connectivity index (χ1v) is 12.4. The lowest BCUT2D eigenvalue weighted by Gasteiger charge is -2.43. The van der Waals surface area contributed by atoms with Gasteiger partial charge in [0.1, 0.15) is 0 Å². The van der Waals surface area contributed by atoms with Gasteiger partial charge in [-0.1, -0.05) is 12.5 Å². The molecule has 29 heavy (non-hydrogen) atoms. The normalized spacial score (nSPS) is 22.5. The number of hydrogen-bond donors (Lipinski definition) is 1. The van der Waals surface area contributed by atoms with Crippen LogP contribution in [0.2, 0.25) is 0 Å². The lowest BCUT2D eigenvalue weighted by atomic mass is 9.79. The predicted octanol–water partition coefficient (Wildman–Crippen LogP) is 5.66. The van der Waals surface area contributed by atoms with Crippen LogP contribution in [0.1, 0.15) is 54.3 Å². The number of likely N-dealkylation sites (tertiary alicyclic amines) is 1. The number of nitrogens with zero attached hydrogens (tertiary/aromatic N) is 2. The Labute approximate surface area is 180 Å². The van der Waals surface area contributed by atoms with Crippen molar-refractivity contribution in [2.24, 2.45) is 0 Å². The summed E-state index contributed by atoms with van der Waals surface area (Å²) < 4.78 is 1.18. The molecule has 5 rings (SSSR count). The van der Waals surface area contributed by atoms with E-state index in [1.165, 1.54) is 59.8 Å². The van der Waals surface area contributed by atoms with E-state index in [0.29, 0.717) is 12.3 Å². The van der Waals surface area contributed by atoms with Crippen LogP contribution >= 0.6 is 22.7 Å². The third-order valence-electron chi connectivity index (χ3n) is 6.24. The van der Waals surface area contributed by atoms with Gasteiger partial charge in [0.05, 0.1) is 15.2 Å². The summed E-state index contributed by atoms with van der Waals surface area (Å²) in [6.45, 7) is 2.57. The number of thiophene rings is 1. The summed E-state index contributed by atoms with van der Waals surface area (Å²) in [7, 11) is 0. The van der Waals surface area contributed by atoms with E-state index in [9.17, 15) is 4.79 Å². The molecule has 1 saturated heterocycles. The average molecular weight is 426 g/mol. The van der Waals surface area contributed by atoms with Gasteiger partial charge in [-0.05, 0) is 74.8 Å². The third kappa shape index (κ3) is 4.39. The van der Waals surface area contributed by atoms with Gasteiger partial charge < -0.3 is 10.2 Å². The zero-order valence-electron chi connectivity index (χ0n) is 16.6. The molecular formula is C23H27N3OS2. The Kier molecular flexibility index (Phi) is 5.66. The van der Waals surface area contributed by atoms with Crippen molar-refractivity contribution in [3.63, 3.8) is 0 Å². The highest BCUT2D eigenvalue weighted by Crippen LogP contribution is 2.43. The first-order valence-electron chi connectivity index (χ1n) is 10.7. The number of hydrogen-bond acceptors (Lipinski definition) is 5. The van der Waals surface area contributed by atoms with Crippen molar-refractivity contribution in [1.29, 1.82) is 0 Å². The molecule has 1 saturated carbocycles. The number of thiazole rings is 1. The van der Waals surface area contributed by atoms with Crippen LogP contribution < -0.4 is 5.32 Å². The number of piperidine rings is 1. The Morgan fingerprint density at radius 2 is 2.03 bits per heavy atom. The van der Waals surface area contributed by atoms with Gasteiger partial charge in [0.2, 0.25) is 5.91 Å². The maximum atomic E-state index is 12.3. The fourth-order valence-electron chi connectivity index (χ4n) is 4.48. The van der Waals surface area contributed by atoms with Gasteiger partial charge in [0, 0.05) is 28.9 Å². The van der Waals surface area contributed by atoms with Crippen molar-refractivity contribution in [3.8, 4) is 0 Å². The fraction of sp³-hybridized carbons (Fsp3) is 0.478. The molecule has 1 aliphatic heterocycles. The van der Waals surface area contributed by atoms with Crippen LogP contribution in [0.4, 0.5) is 5.69 Å². The quantitative estimate of drug-likeness (QED) is 0.554. The smallest absolute Gasteiger partial charge is 0.224 e. The van der Waals surface area contributed by atoms with Gasteiger partial charge in [-0.2, -0.15) is 0 Å². The van der Waals surface area contributed by atoms with Crippen molar-refractivity contribution >= 4 is 44.5 Å². The molecule has 4 nitrogen and oxygen atoms in total. The maximum absolute atomic E-state index is 12.3. The summed E-state index contributed by atoms with van der Waals surface area (Å²) in [5.41, 5.74) is 1.94. The van der Waals surface area contributed by atoms with E-state index in [0.717, 1.165) is 23.7 Å². The third-order valence-corrected chi connectivity index (χ3v) is 8.35. The van der Waals surface area contributed by atoms with Crippen molar-refractivity contribution in [2.45, 2.75) is 56.9 Å². The van der Waals surface area contributed by atoms with E-state index >= 15 is 0 Å². The van der Waals surface area contributed by atoms with E-state index in [2.05, 4.69) is 27.7 Å². The molecule has 2 aliphatic rings. The number of aryl methyl sites for hydroxylation is 1. The molecule has 3 aromatic rings. The van der Waals surface area contributed by atoms with Crippen LogP contribution in [0.3, 0.4) is 0 Å². The highest BCUT2D eigenvalue weighted by Gasteiger charge is 2.36. The minimum absolute atomic E-state index is 0.0749. The van der Waals surface area contributed by atoms with Crippen LogP contribution in [0.5, 0.6) is 0 Å². The van der Waals surface area contributed by atoms with Crippen molar-refractivity contribution in [1.82, 2.24) is 9.88 Å². The molecule has 3 heterocycles. The SMILES string of the molecule is O=C(CCc1cccs1)Nc1ccc2nc([C@H]3C[C@@H](N4CCCCC4)C3)sc2c1. The van der Waals surface area contributed by atoms with Gasteiger partial charge in [0.25, 0.3) is 0 Å². The van der Waals surface area contributed by atoms with E-state index in [1.807, 2.05) is 18.2 Å². The summed E-state index contributed by atoms with van der Waals surface area (Å²) in [6.07, 6.45) is 7.96. The molecule has 1 aromatic carbocycles. The molecule has 1 amide bonds. The minimum Gasteiger partial charge on any atom is -0.326 e. The van der Waals surface area contributed by atoms with E-state index < -0.39 is 0 Å². The molecule has 6 heteroatoms. The first-order chi connectivity index (χ1) is 14.2. The molecule has 0 unspecified atom stereocenters. The standard InChI is InChI=1S/C23H27N3OS2/c27-22(9-7-19-5-4-12-28-19)24-17-6-8-20-21(15-17)29-23(25-20)16-13-18(14-16)26-10-2-1-3-11-26/h4-6,8,12,15-16,18H,1-3,7,9-11,13-14H2,(H,24,27)/t16-,18+. The molecule has 1 aliphatic carbocycles. The van der Waals surface area contributed by atoms with Crippen LogP contribution in [0, 0.1) is 0 Å². The molecule has 0 spiro atoms. The zero-order valence-corrected chi connectivity index (χ0v) is 18.2. The highest BCUT2D eigenvalue weighted by molar-refractivity contribution is 7.18. The second-order valence-electron chi connectivity index (χ2n) is 8.28. The lowest BCUT2D eigenvalue weighted by molar-refractivity contribution is -0.116. The molecule has 152 valence electrons. The highest BCUT2D eigenvalue weighted by atomic mass is 32.1. The monoisotopic (exact) mass is 425 g/mol. The number of benzene rings is 1. The predicted molar refractivity (Wildman–Crippen MR) is 122 cm³/mol. The van der Waals surface area contributed by atoms with E-state index in [4.69, 9.17) is 4.98 Å². The molecular weight excluding hydrogens is 398 g/mol. The molecule has 2 aromatic heterocycles. The number of anilines is 1. The van der Waals surface area contributed by atoms with Crippen LogP contribution in [0.15, 0.2) is 35.7 Å². The Balaban J connectivity index is 1.18. The number of nitrogens with one attached hydrogen (secondary N) is 1. The fourth-order valence-corrected chi connectivity index (χ4v) is 6.32. The second-order valence-corrected chi connectivity index (χ2v) is 10.4. The van der Waals surface area contributed by atoms with Crippen molar-refractivity contribution < 1.29 is 4.79 Å². The van der Waals surface area contributed by atoms with Crippen molar-refractivity contribution in [2.75, 3.05) is 18.4 Å². The minimum atomic E-state index is 0.0749. The Bertz CT molecular complexity index is 969. The largest absolute Gasteiger partial charge is 0.326 e. The number of rotatable bonds is 6. The molecule has 2 fully saturated rings. The van der Waals surface area contributed by atoms with E-state index in [-0.39, 0.29) is 5.91 Å². The summed E-state index contributed by atoms with van der Waals surface area (Å²) in [6, 6.07) is 11.0. The summed E-state index contributed by atoms with van der Waals surface area (Å²) in [5, 5.41) is 6.38. The number of fused-ring (bicyclic) bond motifs is 1. The maximum Gasteiger partial charge on any atom is 0.224 e. The van der Waals surface area contributed by atoms with Gasteiger partial charge in [-0.15, -0.1) is 22.7 Å². The number of aromatic nitrogens is 1. The second kappa shape index (κ2) is 8.54.